The van der Waals surface area contributed by atoms with Crippen molar-refractivity contribution < 1.29 is 14.0 Å². The quantitative estimate of drug-likeness (QED) is 0.798. The Labute approximate surface area is 141 Å². The van der Waals surface area contributed by atoms with Gasteiger partial charge in [-0.2, -0.15) is 0 Å². The largest absolute Gasteiger partial charge is 0.422 e. The minimum absolute atomic E-state index is 0.257. The highest BCUT2D eigenvalue weighted by molar-refractivity contribution is 8.14. The van der Waals surface area contributed by atoms with Crippen LogP contribution in [-0.2, 0) is 14.5 Å². The minimum atomic E-state index is -1.10. The summed E-state index contributed by atoms with van der Waals surface area (Å²) in [6, 6.07) is 8.82. The van der Waals surface area contributed by atoms with E-state index in [-0.39, 0.29) is 22.5 Å². The van der Waals surface area contributed by atoms with Crippen molar-refractivity contribution >= 4 is 39.7 Å². The van der Waals surface area contributed by atoms with Gasteiger partial charge in [-0.05, 0) is 19.1 Å². The van der Waals surface area contributed by atoms with Crippen LogP contribution < -0.4 is 10.9 Å². The molecule has 1 aromatic heterocycles. The molecule has 0 spiro atoms. The molecular formula is C16H15N3O4S. The molecule has 2 heterocycles. The monoisotopic (exact) mass is 345 g/mol. The number of hydrogen-bond acceptors (Lipinski definition) is 6. The lowest BCUT2D eigenvalue weighted by Crippen LogP contribution is -2.40. The van der Waals surface area contributed by atoms with Crippen molar-refractivity contribution in [2.24, 2.45) is 5.10 Å². The lowest BCUT2D eigenvalue weighted by molar-refractivity contribution is -0.131. The highest BCUT2D eigenvalue weighted by Crippen LogP contribution is 2.44. The molecule has 0 saturated carbocycles. The number of thioether (sulfide) groups is 1. The van der Waals surface area contributed by atoms with Crippen molar-refractivity contribution in [1.29, 1.82) is 0 Å². The van der Waals surface area contributed by atoms with E-state index in [9.17, 15) is 14.4 Å². The number of benzene rings is 1. The Morgan fingerprint density at radius 1 is 1.29 bits per heavy atom. The Bertz CT molecular complexity index is 936. The van der Waals surface area contributed by atoms with Crippen molar-refractivity contribution in [3.63, 3.8) is 0 Å². The van der Waals surface area contributed by atoms with Crippen LogP contribution in [0, 0.1) is 0 Å². The lowest BCUT2D eigenvalue weighted by Gasteiger charge is -2.29. The Balaban J connectivity index is 2.13. The summed E-state index contributed by atoms with van der Waals surface area (Å²) in [4.78, 5) is 34.6. The SMILES string of the molecule is CC(=O)NC1=NN(C(C)=O)C(C)(c2cc3ccccc3oc2=O)S1. The van der Waals surface area contributed by atoms with E-state index in [1.165, 1.54) is 18.9 Å². The van der Waals surface area contributed by atoms with Crippen LogP contribution in [0.1, 0.15) is 26.3 Å². The smallest absolute Gasteiger partial charge is 0.342 e. The molecule has 1 unspecified atom stereocenters. The third kappa shape index (κ3) is 2.69. The van der Waals surface area contributed by atoms with Gasteiger partial charge in [0.2, 0.25) is 11.8 Å². The number of para-hydroxylation sites is 1. The van der Waals surface area contributed by atoms with Crippen molar-refractivity contribution in [2.45, 2.75) is 25.6 Å². The summed E-state index contributed by atoms with van der Waals surface area (Å²) in [6.45, 7) is 4.39. The number of carbonyl (C=O) groups is 2. The summed E-state index contributed by atoms with van der Waals surface area (Å²) in [6.07, 6.45) is 0. The number of amidine groups is 1. The molecule has 0 saturated heterocycles. The van der Waals surface area contributed by atoms with Gasteiger partial charge in [-0.3, -0.25) is 9.59 Å². The molecule has 2 aromatic rings. The first kappa shape index (κ1) is 16.3. The van der Waals surface area contributed by atoms with Crippen LogP contribution in [0.25, 0.3) is 11.0 Å². The normalized spacial score (nSPS) is 20.1. The van der Waals surface area contributed by atoms with E-state index in [1.54, 1.807) is 25.1 Å². The highest BCUT2D eigenvalue weighted by atomic mass is 32.2. The minimum Gasteiger partial charge on any atom is -0.422 e. The summed E-state index contributed by atoms with van der Waals surface area (Å²) < 4.78 is 5.37. The van der Waals surface area contributed by atoms with Crippen LogP contribution in [0.15, 0.2) is 44.6 Å². The van der Waals surface area contributed by atoms with Crippen molar-refractivity contribution in [3.8, 4) is 0 Å². The fourth-order valence-corrected chi connectivity index (χ4v) is 3.77. The third-order valence-electron chi connectivity index (χ3n) is 3.61. The van der Waals surface area contributed by atoms with Crippen LogP contribution >= 0.6 is 11.8 Å². The maximum atomic E-state index is 12.5. The summed E-state index contributed by atoms with van der Waals surface area (Å²) in [5.74, 6) is -0.655. The fraction of sp³-hybridized carbons (Fsp3) is 0.250. The number of hydrazone groups is 1. The molecule has 1 atom stereocenters. The molecule has 1 aliphatic heterocycles. The highest BCUT2D eigenvalue weighted by Gasteiger charge is 2.46. The predicted molar refractivity (Wildman–Crippen MR) is 91.2 cm³/mol. The molecule has 24 heavy (non-hydrogen) atoms. The van der Waals surface area contributed by atoms with E-state index < -0.39 is 10.5 Å². The first-order valence-corrected chi connectivity index (χ1v) is 8.02. The molecular weight excluding hydrogens is 330 g/mol. The standard InChI is InChI=1S/C16H15N3O4S/c1-9(20)17-15-18-19(10(2)21)16(3,24-15)12-8-11-6-4-5-7-13(11)23-14(12)22/h4-8H,1-3H3,(H,17,18,20). The maximum absolute atomic E-state index is 12.5. The molecule has 8 heteroatoms. The van der Waals surface area contributed by atoms with Gasteiger partial charge in [0, 0.05) is 19.2 Å². The van der Waals surface area contributed by atoms with Crippen LogP contribution in [0.2, 0.25) is 0 Å². The van der Waals surface area contributed by atoms with Crippen LogP contribution in [0.3, 0.4) is 0 Å². The van der Waals surface area contributed by atoms with Gasteiger partial charge in [-0.1, -0.05) is 30.0 Å². The summed E-state index contributed by atoms with van der Waals surface area (Å²) in [5, 5.41) is 8.87. The van der Waals surface area contributed by atoms with Crippen LogP contribution in [0.5, 0.6) is 0 Å². The molecule has 1 aliphatic rings. The van der Waals surface area contributed by atoms with Gasteiger partial charge in [0.1, 0.15) is 10.5 Å². The average molecular weight is 345 g/mol. The van der Waals surface area contributed by atoms with E-state index in [1.807, 2.05) is 12.1 Å². The molecule has 0 fully saturated rings. The molecule has 2 amide bonds. The first-order chi connectivity index (χ1) is 11.3. The van der Waals surface area contributed by atoms with E-state index >= 15 is 0 Å². The van der Waals surface area contributed by atoms with Gasteiger partial charge in [-0.25, -0.2) is 9.80 Å². The van der Waals surface area contributed by atoms with Gasteiger partial charge in [0.25, 0.3) is 0 Å². The van der Waals surface area contributed by atoms with E-state index in [0.717, 1.165) is 17.1 Å². The Morgan fingerprint density at radius 3 is 2.67 bits per heavy atom. The second-order valence-corrected chi connectivity index (χ2v) is 6.87. The zero-order valence-corrected chi connectivity index (χ0v) is 14.1. The first-order valence-electron chi connectivity index (χ1n) is 7.20. The fourth-order valence-electron chi connectivity index (χ4n) is 2.56. The van der Waals surface area contributed by atoms with E-state index in [0.29, 0.717) is 5.58 Å². The number of nitrogens with one attached hydrogen (secondary N) is 1. The molecule has 3 rings (SSSR count). The zero-order chi connectivity index (χ0) is 17.5. The molecule has 0 bridgehead atoms. The maximum Gasteiger partial charge on any atom is 0.342 e. The summed E-state index contributed by atoms with van der Waals surface area (Å²) >= 11 is 1.12. The zero-order valence-electron chi connectivity index (χ0n) is 13.3. The van der Waals surface area contributed by atoms with E-state index in [2.05, 4.69) is 10.4 Å². The van der Waals surface area contributed by atoms with Gasteiger partial charge in [0.05, 0.1) is 5.56 Å². The molecule has 124 valence electrons. The lowest BCUT2D eigenvalue weighted by atomic mass is 10.1. The summed E-state index contributed by atoms with van der Waals surface area (Å²) in [7, 11) is 0. The number of rotatable bonds is 1. The van der Waals surface area contributed by atoms with Crippen molar-refractivity contribution in [2.75, 3.05) is 0 Å². The Morgan fingerprint density at radius 2 is 2.00 bits per heavy atom. The number of nitrogens with zero attached hydrogens (tertiary/aromatic N) is 2. The average Bonchev–Trinajstić information content (AvgIpc) is 2.83. The number of fused-ring (bicyclic) bond motifs is 1. The Hall–Kier alpha value is -2.61. The van der Waals surface area contributed by atoms with Crippen LogP contribution in [0.4, 0.5) is 0 Å². The number of carbonyl (C=O) groups excluding carboxylic acids is 2. The Kier molecular flexibility index (Phi) is 3.92. The van der Waals surface area contributed by atoms with Gasteiger partial charge in [-0.15, -0.1) is 5.10 Å². The van der Waals surface area contributed by atoms with Gasteiger partial charge >= 0.3 is 5.63 Å². The summed E-state index contributed by atoms with van der Waals surface area (Å²) in [5.41, 5.74) is 0.204. The second kappa shape index (κ2) is 5.79. The van der Waals surface area contributed by atoms with E-state index in [4.69, 9.17) is 4.42 Å². The third-order valence-corrected chi connectivity index (χ3v) is 4.78. The van der Waals surface area contributed by atoms with Gasteiger partial charge in [0.15, 0.2) is 5.17 Å². The molecule has 1 N–H and O–H groups in total. The molecule has 1 aromatic carbocycles. The topological polar surface area (TPSA) is 92.0 Å². The predicted octanol–water partition coefficient (Wildman–Crippen LogP) is 1.97. The van der Waals surface area contributed by atoms with Crippen molar-refractivity contribution in [3.05, 3.63) is 46.3 Å². The van der Waals surface area contributed by atoms with Crippen molar-refractivity contribution in [1.82, 2.24) is 10.3 Å². The number of amides is 2. The number of hydrogen-bond donors (Lipinski definition) is 1. The second-order valence-electron chi connectivity index (χ2n) is 5.49. The molecule has 7 nitrogen and oxygen atoms in total. The molecule has 0 aliphatic carbocycles. The van der Waals surface area contributed by atoms with Gasteiger partial charge < -0.3 is 9.73 Å². The molecule has 0 radical (unpaired) electrons. The van der Waals surface area contributed by atoms with Crippen LogP contribution in [-0.4, -0.2) is 22.0 Å².